The second-order valence-corrected chi connectivity index (χ2v) is 10.5. The Kier molecular flexibility index (Phi) is 8.80. The Morgan fingerprint density at radius 3 is 2.46 bits per heavy atom. The van der Waals surface area contributed by atoms with Crippen LogP contribution < -0.4 is 25.9 Å². The summed E-state index contributed by atoms with van der Waals surface area (Å²) in [5, 5.41) is 5.42. The van der Waals surface area contributed by atoms with Crippen LogP contribution in [0.15, 0.2) is 42.5 Å². The van der Waals surface area contributed by atoms with Gasteiger partial charge in [0.2, 0.25) is 0 Å². The van der Waals surface area contributed by atoms with Crippen LogP contribution in [0.5, 0.6) is 0 Å². The first-order chi connectivity index (χ1) is 18.7. The lowest BCUT2D eigenvalue weighted by Crippen LogP contribution is -2.49. The summed E-state index contributed by atoms with van der Waals surface area (Å²) >= 11 is 0. The molecular weight excluding hydrogens is 502 g/mol. The molecule has 2 aromatic rings. The number of alkyl carbamates (subject to hydrolysis) is 1. The van der Waals surface area contributed by atoms with Crippen molar-refractivity contribution in [2.24, 2.45) is 0 Å². The van der Waals surface area contributed by atoms with Crippen molar-refractivity contribution in [3.05, 3.63) is 53.6 Å². The number of hydrogen-bond acceptors (Lipinski definition) is 8. The number of fused-ring (bicyclic) bond motifs is 1. The van der Waals surface area contributed by atoms with Gasteiger partial charge in [0.05, 0.1) is 24.2 Å². The van der Waals surface area contributed by atoms with Crippen LogP contribution in [0.4, 0.5) is 26.7 Å². The SMILES string of the molecule is CONc1cc(C(=O)NCCNC(=O)OC(C)(C)C)ccc1N1CCC(N2C(=O)OCc3ccccc32)CC1. The molecule has 0 radical (unpaired) electrons. The van der Waals surface area contributed by atoms with Gasteiger partial charge in [-0.15, -0.1) is 0 Å². The molecule has 0 atom stereocenters. The van der Waals surface area contributed by atoms with Crippen molar-refractivity contribution in [1.82, 2.24) is 10.6 Å². The number of piperidine rings is 1. The van der Waals surface area contributed by atoms with Crippen LogP contribution in [0, 0.1) is 0 Å². The fourth-order valence-corrected chi connectivity index (χ4v) is 4.79. The molecule has 1 fully saturated rings. The topological polar surface area (TPSA) is 121 Å². The number of carbonyl (C=O) groups excluding carboxylic acids is 3. The molecule has 0 aromatic heterocycles. The minimum absolute atomic E-state index is 0.0355. The van der Waals surface area contributed by atoms with Crippen LogP contribution in [0.2, 0.25) is 0 Å². The number of anilines is 3. The fourth-order valence-electron chi connectivity index (χ4n) is 4.79. The van der Waals surface area contributed by atoms with Crippen LogP contribution in [-0.4, -0.2) is 63.0 Å². The van der Waals surface area contributed by atoms with Crippen LogP contribution in [0.25, 0.3) is 0 Å². The molecule has 2 aliphatic heterocycles. The monoisotopic (exact) mass is 539 g/mol. The van der Waals surface area contributed by atoms with E-state index in [9.17, 15) is 14.4 Å². The molecule has 11 heteroatoms. The van der Waals surface area contributed by atoms with E-state index in [1.165, 1.54) is 7.11 Å². The molecule has 0 aliphatic carbocycles. The number of nitrogens with one attached hydrogen (secondary N) is 3. The molecule has 0 bridgehead atoms. The summed E-state index contributed by atoms with van der Waals surface area (Å²) < 4.78 is 10.6. The first-order valence-electron chi connectivity index (χ1n) is 13.1. The van der Waals surface area contributed by atoms with Crippen molar-refractivity contribution in [2.75, 3.05) is 48.6 Å². The highest BCUT2D eigenvalue weighted by molar-refractivity contribution is 5.96. The van der Waals surface area contributed by atoms with Crippen molar-refractivity contribution in [3.63, 3.8) is 0 Å². The first-order valence-corrected chi connectivity index (χ1v) is 13.1. The van der Waals surface area contributed by atoms with E-state index in [0.717, 1.165) is 42.9 Å². The molecule has 4 rings (SSSR count). The van der Waals surface area contributed by atoms with E-state index in [1.54, 1.807) is 37.8 Å². The molecule has 3 N–H and O–H groups in total. The summed E-state index contributed by atoms with van der Waals surface area (Å²) in [7, 11) is 1.52. The van der Waals surface area contributed by atoms with Gasteiger partial charge in [-0.25, -0.2) is 9.59 Å². The van der Waals surface area contributed by atoms with Crippen LogP contribution in [-0.2, 0) is 20.9 Å². The normalized spacial score (nSPS) is 15.7. The number of rotatable bonds is 8. The number of ether oxygens (including phenoxy) is 2. The van der Waals surface area contributed by atoms with E-state index in [0.29, 0.717) is 17.9 Å². The quantitative estimate of drug-likeness (QED) is 0.340. The zero-order valence-electron chi connectivity index (χ0n) is 22.9. The lowest BCUT2D eigenvalue weighted by atomic mass is 9.99. The van der Waals surface area contributed by atoms with Gasteiger partial charge in [-0.2, -0.15) is 0 Å². The highest BCUT2D eigenvalue weighted by Gasteiger charge is 2.34. The van der Waals surface area contributed by atoms with Crippen LogP contribution in [0.1, 0.15) is 49.5 Å². The van der Waals surface area contributed by atoms with Crippen LogP contribution in [0.3, 0.4) is 0 Å². The lowest BCUT2D eigenvalue weighted by Gasteiger charge is -2.41. The predicted molar refractivity (Wildman–Crippen MR) is 148 cm³/mol. The van der Waals surface area contributed by atoms with Gasteiger partial charge < -0.3 is 25.0 Å². The molecule has 0 unspecified atom stereocenters. The van der Waals surface area contributed by atoms with E-state index in [2.05, 4.69) is 21.0 Å². The van der Waals surface area contributed by atoms with E-state index >= 15 is 0 Å². The summed E-state index contributed by atoms with van der Waals surface area (Å²) in [5.74, 6) is -0.271. The highest BCUT2D eigenvalue weighted by atomic mass is 16.6. The second-order valence-electron chi connectivity index (χ2n) is 10.5. The Bertz CT molecular complexity index is 1190. The van der Waals surface area contributed by atoms with Gasteiger partial charge in [0, 0.05) is 43.3 Å². The Morgan fingerprint density at radius 1 is 1.03 bits per heavy atom. The number of benzene rings is 2. The minimum atomic E-state index is -0.583. The van der Waals surface area contributed by atoms with Gasteiger partial charge in [0.25, 0.3) is 5.91 Å². The smallest absolute Gasteiger partial charge is 0.414 e. The standard InChI is InChI=1S/C28H37N5O6/c1-28(2,3)39-26(35)30-14-13-29-25(34)19-9-10-24(22(17-19)31-37-4)32-15-11-21(12-16-32)33-23-8-6-5-7-20(23)18-38-27(33)36/h5-10,17,21,31H,11-16,18H2,1-4H3,(H,29,34)(H,30,35). The van der Waals surface area contributed by atoms with E-state index in [4.69, 9.17) is 14.3 Å². The summed E-state index contributed by atoms with van der Waals surface area (Å²) in [6.07, 6.45) is 0.703. The molecular formula is C28H37N5O6. The van der Waals surface area contributed by atoms with E-state index < -0.39 is 11.7 Å². The Hall–Kier alpha value is -3.99. The molecule has 1 saturated heterocycles. The van der Waals surface area contributed by atoms with Gasteiger partial charge in [-0.3, -0.25) is 20.0 Å². The second kappa shape index (κ2) is 12.2. The molecule has 39 heavy (non-hydrogen) atoms. The number of cyclic esters (lactones) is 1. The molecule has 2 aromatic carbocycles. The van der Waals surface area contributed by atoms with E-state index in [1.807, 2.05) is 30.3 Å². The molecule has 210 valence electrons. The van der Waals surface area contributed by atoms with Crippen molar-refractivity contribution >= 4 is 35.2 Å². The zero-order valence-corrected chi connectivity index (χ0v) is 22.9. The summed E-state index contributed by atoms with van der Waals surface area (Å²) in [4.78, 5) is 46.3. The van der Waals surface area contributed by atoms with Gasteiger partial charge in [0.1, 0.15) is 12.2 Å². The van der Waals surface area contributed by atoms with E-state index in [-0.39, 0.29) is 31.1 Å². The number of hydrogen-bond donors (Lipinski definition) is 3. The van der Waals surface area contributed by atoms with Gasteiger partial charge in [0.15, 0.2) is 0 Å². The van der Waals surface area contributed by atoms with Crippen LogP contribution >= 0.6 is 0 Å². The third kappa shape index (κ3) is 7.11. The summed E-state index contributed by atoms with van der Waals surface area (Å²) in [5.41, 5.74) is 6.26. The minimum Gasteiger partial charge on any atom is -0.444 e. The third-order valence-electron chi connectivity index (χ3n) is 6.52. The fraction of sp³-hybridized carbons (Fsp3) is 0.464. The Balaban J connectivity index is 1.35. The highest BCUT2D eigenvalue weighted by Crippen LogP contribution is 2.34. The molecule has 0 saturated carbocycles. The maximum Gasteiger partial charge on any atom is 0.414 e. The average Bonchev–Trinajstić information content (AvgIpc) is 2.90. The van der Waals surface area contributed by atoms with Crippen molar-refractivity contribution in [1.29, 1.82) is 0 Å². The number of nitrogens with zero attached hydrogens (tertiary/aromatic N) is 2. The molecule has 3 amide bonds. The predicted octanol–water partition coefficient (Wildman–Crippen LogP) is 4.04. The van der Waals surface area contributed by atoms with Gasteiger partial charge in [-0.05, 0) is 57.9 Å². The summed E-state index contributed by atoms with van der Waals surface area (Å²) in [6, 6.07) is 13.3. The van der Waals surface area contributed by atoms with Crippen molar-refractivity contribution < 1.29 is 28.7 Å². The maximum atomic E-state index is 12.7. The lowest BCUT2D eigenvalue weighted by molar-refractivity contribution is 0.0526. The van der Waals surface area contributed by atoms with Crippen molar-refractivity contribution in [3.8, 4) is 0 Å². The van der Waals surface area contributed by atoms with Gasteiger partial charge >= 0.3 is 12.2 Å². The Labute approximate surface area is 228 Å². The third-order valence-corrected chi connectivity index (χ3v) is 6.52. The van der Waals surface area contributed by atoms with Crippen molar-refractivity contribution in [2.45, 2.75) is 51.9 Å². The summed E-state index contributed by atoms with van der Waals surface area (Å²) in [6.45, 7) is 7.60. The number of para-hydroxylation sites is 1. The maximum absolute atomic E-state index is 12.7. The Morgan fingerprint density at radius 2 is 1.74 bits per heavy atom. The molecule has 2 aliphatic rings. The van der Waals surface area contributed by atoms with Gasteiger partial charge in [-0.1, -0.05) is 18.2 Å². The average molecular weight is 540 g/mol. The largest absolute Gasteiger partial charge is 0.444 e. The molecule has 0 spiro atoms. The number of carbonyl (C=O) groups is 3. The number of amides is 3. The molecule has 2 heterocycles. The molecule has 11 nitrogen and oxygen atoms in total. The zero-order chi connectivity index (χ0) is 28.0. The first kappa shape index (κ1) is 28.0.